The molecule has 1 rings (SSSR count). The summed E-state index contributed by atoms with van der Waals surface area (Å²) in [7, 11) is 0. The van der Waals surface area contributed by atoms with Crippen LogP contribution in [0, 0.1) is 5.82 Å². The topological polar surface area (TPSA) is 66.5 Å². The number of nitrogens with two attached hydrogens (primary N) is 1. The number of phenols is 1. The van der Waals surface area contributed by atoms with Gasteiger partial charge >= 0.3 is 0 Å². The van der Waals surface area contributed by atoms with Gasteiger partial charge in [-0.05, 0) is 6.07 Å². The van der Waals surface area contributed by atoms with Crippen LogP contribution in [0.15, 0.2) is 12.1 Å². The van der Waals surface area contributed by atoms with E-state index in [4.69, 9.17) is 22.4 Å². The Kier molecular flexibility index (Phi) is 3.08. The van der Waals surface area contributed by atoms with E-state index in [0.29, 0.717) is 0 Å². The van der Waals surface area contributed by atoms with Gasteiger partial charge in [-0.1, -0.05) is 11.6 Å². The molecule has 5 heteroatoms. The Morgan fingerprint density at radius 3 is 2.69 bits per heavy atom. The van der Waals surface area contributed by atoms with Crippen LogP contribution in [-0.2, 0) is 0 Å². The first-order chi connectivity index (χ1) is 6.06. The molecule has 1 aromatic carbocycles. The molecule has 4 N–H and O–H groups in total. The van der Waals surface area contributed by atoms with Gasteiger partial charge in [-0.2, -0.15) is 0 Å². The molecule has 0 bridgehead atoms. The molecule has 0 amide bonds. The molecule has 0 aliphatic carbocycles. The fraction of sp³-hybridized carbons (Fsp3) is 0.250. The third-order valence-electron chi connectivity index (χ3n) is 1.67. The number of phenolic OH excluding ortho intramolecular Hbond substituents is 1. The summed E-state index contributed by atoms with van der Waals surface area (Å²) in [6, 6.07) is 1.32. The SMILES string of the molecule is N[C@H](CO)c1cc(Cl)c(F)cc1O. The standard InChI is InChI=1S/C8H9ClFNO2/c9-5-1-4(7(11)3-12)8(13)2-6(5)10/h1-2,7,12-13H,3,11H2/t7-/m1/s1. The third-order valence-corrected chi connectivity index (χ3v) is 1.96. The highest BCUT2D eigenvalue weighted by molar-refractivity contribution is 6.30. The summed E-state index contributed by atoms with van der Waals surface area (Å²) in [6.45, 7) is -0.338. The molecular weight excluding hydrogens is 197 g/mol. The van der Waals surface area contributed by atoms with Gasteiger partial charge in [0.1, 0.15) is 11.6 Å². The Balaban J connectivity index is 3.15. The van der Waals surface area contributed by atoms with Crippen molar-refractivity contribution >= 4 is 11.6 Å². The second kappa shape index (κ2) is 3.91. The predicted octanol–water partition coefficient (Wildman–Crippen LogP) is 1.18. The average Bonchev–Trinajstić information content (AvgIpc) is 2.10. The normalized spacial score (nSPS) is 12.9. The molecule has 0 aromatic heterocycles. The number of benzene rings is 1. The van der Waals surface area contributed by atoms with Crippen LogP contribution in [0.1, 0.15) is 11.6 Å². The van der Waals surface area contributed by atoms with Crippen LogP contribution in [0.2, 0.25) is 5.02 Å². The largest absolute Gasteiger partial charge is 0.507 e. The zero-order valence-electron chi connectivity index (χ0n) is 6.67. The molecular formula is C8H9ClFNO2. The molecule has 1 atom stereocenters. The molecule has 0 heterocycles. The molecule has 0 saturated carbocycles. The molecule has 0 saturated heterocycles. The second-order valence-corrected chi connectivity index (χ2v) is 3.02. The Morgan fingerprint density at radius 1 is 1.54 bits per heavy atom. The lowest BCUT2D eigenvalue weighted by Gasteiger charge is -2.11. The lowest BCUT2D eigenvalue weighted by molar-refractivity contribution is 0.265. The van der Waals surface area contributed by atoms with Crippen LogP contribution >= 0.6 is 11.6 Å². The molecule has 3 nitrogen and oxygen atoms in total. The van der Waals surface area contributed by atoms with Crippen molar-refractivity contribution in [2.24, 2.45) is 5.73 Å². The molecule has 0 fully saturated rings. The van der Waals surface area contributed by atoms with E-state index in [1.165, 1.54) is 6.07 Å². The number of hydrogen-bond donors (Lipinski definition) is 3. The summed E-state index contributed by atoms with van der Waals surface area (Å²) in [5.41, 5.74) is 5.65. The molecule has 13 heavy (non-hydrogen) atoms. The van der Waals surface area contributed by atoms with Crippen LogP contribution in [0.5, 0.6) is 5.75 Å². The monoisotopic (exact) mass is 205 g/mol. The van der Waals surface area contributed by atoms with E-state index < -0.39 is 11.9 Å². The summed E-state index contributed by atoms with van der Waals surface area (Å²) in [6.07, 6.45) is 0. The summed E-state index contributed by atoms with van der Waals surface area (Å²) in [5, 5.41) is 17.8. The minimum Gasteiger partial charge on any atom is -0.507 e. The fourth-order valence-electron chi connectivity index (χ4n) is 0.947. The average molecular weight is 206 g/mol. The van der Waals surface area contributed by atoms with Crippen molar-refractivity contribution in [3.8, 4) is 5.75 Å². The van der Waals surface area contributed by atoms with E-state index in [0.717, 1.165) is 6.07 Å². The minimum atomic E-state index is -0.752. The molecule has 1 aromatic rings. The van der Waals surface area contributed by atoms with Crippen LogP contribution in [0.4, 0.5) is 4.39 Å². The number of aliphatic hydroxyl groups excluding tert-OH is 1. The van der Waals surface area contributed by atoms with E-state index in [-0.39, 0.29) is 22.9 Å². The van der Waals surface area contributed by atoms with Gasteiger partial charge in [0.2, 0.25) is 0 Å². The maximum atomic E-state index is 12.7. The maximum absolute atomic E-state index is 12.7. The summed E-state index contributed by atoms with van der Waals surface area (Å²) in [4.78, 5) is 0. The van der Waals surface area contributed by atoms with Crippen LogP contribution in [0.3, 0.4) is 0 Å². The zero-order chi connectivity index (χ0) is 10.0. The van der Waals surface area contributed by atoms with Gasteiger partial charge in [-0.15, -0.1) is 0 Å². The van der Waals surface area contributed by atoms with Crippen molar-refractivity contribution in [1.29, 1.82) is 0 Å². The van der Waals surface area contributed by atoms with E-state index in [1.54, 1.807) is 0 Å². The Hall–Kier alpha value is -0.840. The first kappa shape index (κ1) is 10.2. The van der Waals surface area contributed by atoms with Gasteiger partial charge in [0.15, 0.2) is 0 Å². The van der Waals surface area contributed by atoms with Crippen LogP contribution in [-0.4, -0.2) is 16.8 Å². The smallest absolute Gasteiger partial charge is 0.145 e. The van der Waals surface area contributed by atoms with Gasteiger partial charge < -0.3 is 15.9 Å². The number of halogens is 2. The summed E-state index contributed by atoms with van der Waals surface area (Å²) >= 11 is 5.46. The minimum absolute atomic E-state index is 0.128. The Labute approximate surface area is 79.6 Å². The predicted molar refractivity (Wildman–Crippen MR) is 47.1 cm³/mol. The summed E-state index contributed by atoms with van der Waals surface area (Å²) < 4.78 is 12.7. The van der Waals surface area contributed by atoms with E-state index in [9.17, 15) is 9.50 Å². The Bertz CT molecular complexity index is 319. The number of aromatic hydroxyl groups is 1. The second-order valence-electron chi connectivity index (χ2n) is 2.61. The summed E-state index contributed by atoms with van der Waals surface area (Å²) in [5.74, 6) is -1.02. The number of aliphatic hydroxyl groups is 1. The number of hydrogen-bond acceptors (Lipinski definition) is 3. The van der Waals surface area contributed by atoms with Crippen LogP contribution < -0.4 is 5.73 Å². The highest BCUT2D eigenvalue weighted by Crippen LogP contribution is 2.28. The molecule has 0 aliphatic rings. The Morgan fingerprint density at radius 2 is 2.15 bits per heavy atom. The van der Waals surface area contributed by atoms with E-state index >= 15 is 0 Å². The van der Waals surface area contributed by atoms with Gasteiger partial charge in [-0.25, -0.2) is 4.39 Å². The maximum Gasteiger partial charge on any atom is 0.145 e. The van der Waals surface area contributed by atoms with Crippen molar-refractivity contribution in [3.05, 3.63) is 28.5 Å². The van der Waals surface area contributed by atoms with Crippen molar-refractivity contribution in [3.63, 3.8) is 0 Å². The van der Waals surface area contributed by atoms with Crippen molar-refractivity contribution in [2.45, 2.75) is 6.04 Å². The van der Waals surface area contributed by atoms with E-state index in [1.807, 2.05) is 0 Å². The van der Waals surface area contributed by atoms with Crippen molar-refractivity contribution in [1.82, 2.24) is 0 Å². The van der Waals surface area contributed by atoms with Crippen molar-refractivity contribution in [2.75, 3.05) is 6.61 Å². The van der Waals surface area contributed by atoms with Gasteiger partial charge in [0, 0.05) is 11.6 Å². The zero-order valence-corrected chi connectivity index (χ0v) is 7.42. The van der Waals surface area contributed by atoms with E-state index in [2.05, 4.69) is 0 Å². The lowest BCUT2D eigenvalue weighted by Crippen LogP contribution is -2.14. The van der Waals surface area contributed by atoms with Gasteiger partial charge in [0.25, 0.3) is 0 Å². The molecule has 0 aliphatic heterocycles. The van der Waals surface area contributed by atoms with Gasteiger partial charge in [-0.3, -0.25) is 0 Å². The quantitative estimate of drug-likeness (QED) is 0.679. The molecule has 0 unspecified atom stereocenters. The highest BCUT2D eigenvalue weighted by atomic mass is 35.5. The number of rotatable bonds is 2. The third kappa shape index (κ3) is 2.09. The molecule has 72 valence electrons. The van der Waals surface area contributed by atoms with Crippen LogP contribution in [0.25, 0.3) is 0 Å². The fourth-order valence-corrected chi connectivity index (χ4v) is 1.12. The lowest BCUT2D eigenvalue weighted by atomic mass is 10.1. The van der Waals surface area contributed by atoms with Crippen molar-refractivity contribution < 1.29 is 14.6 Å². The van der Waals surface area contributed by atoms with Gasteiger partial charge in [0.05, 0.1) is 17.7 Å². The first-order valence-electron chi connectivity index (χ1n) is 3.60. The molecule has 0 spiro atoms. The molecule has 0 radical (unpaired) electrons. The highest BCUT2D eigenvalue weighted by Gasteiger charge is 2.13. The first-order valence-corrected chi connectivity index (χ1v) is 3.98.